The number of rotatable bonds is 4. The van der Waals surface area contributed by atoms with Crippen molar-refractivity contribution in [3.8, 4) is 0 Å². The lowest BCUT2D eigenvalue weighted by atomic mass is 10.0. The van der Waals surface area contributed by atoms with Crippen molar-refractivity contribution in [1.82, 2.24) is 19.4 Å². The summed E-state index contributed by atoms with van der Waals surface area (Å²) in [6.07, 6.45) is 8.17. The molecule has 0 saturated carbocycles. The maximum Gasteiger partial charge on any atom is 0.262 e. The van der Waals surface area contributed by atoms with Crippen LogP contribution in [0.15, 0.2) is 29.6 Å². The Labute approximate surface area is 123 Å². The minimum absolute atomic E-state index is 0.0503. The molecule has 21 heavy (non-hydrogen) atoms. The summed E-state index contributed by atoms with van der Waals surface area (Å²) >= 11 is 0. The van der Waals surface area contributed by atoms with E-state index in [0.717, 1.165) is 25.9 Å². The molecule has 1 fully saturated rings. The van der Waals surface area contributed by atoms with Gasteiger partial charge in [0.25, 0.3) is 5.56 Å². The minimum Gasteiger partial charge on any atom is -0.395 e. The van der Waals surface area contributed by atoms with E-state index in [1.807, 2.05) is 0 Å². The van der Waals surface area contributed by atoms with Crippen molar-refractivity contribution in [2.75, 3.05) is 19.7 Å². The third-order valence-corrected chi connectivity index (χ3v) is 4.21. The molecule has 1 saturated heterocycles. The minimum atomic E-state index is -0.0503. The lowest BCUT2D eigenvalue weighted by Crippen LogP contribution is -2.44. The maximum absolute atomic E-state index is 12.4. The smallest absolute Gasteiger partial charge is 0.262 e. The quantitative estimate of drug-likeness (QED) is 0.894. The van der Waals surface area contributed by atoms with Gasteiger partial charge in [0, 0.05) is 31.5 Å². The van der Waals surface area contributed by atoms with Crippen molar-refractivity contribution in [3.05, 3.63) is 35.1 Å². The Morgan fingerprint density at radius 3 is 3.10 bits per heavy atom. The predicted octanol–water partition coefficient (Wildman–Crippen LogP) is 0.638. The predicted molar refractivity (Wildman–Crippen MR) is 80.1 cm³/mol. The van der Waals surface area contributed by atoms with E-state index in [2.05, 4.69) is 14.9 Å². The fourth-order valence-electron chi connectivity index (χ4n) is 2.96. The Hall–Kier alpha value is -1.79. The Balaban J connectivity index is 1.76. The van der Waals surface area contributed by atoms with E-state index in [-0.39, 0.29) is 18.2 Å². The van der Waals surface area contributed by atoms with E-state index in [0.29, 0.717) is 17.4 Å². The molecule has 3 rings (SSSR count). The number of pyridine rings is 1. The molecule has 3 heterocycles. The summed E-state index contributed by atoms with van der Waals surface area (Å²) in [7, 11) is 0. The molecule has 112 valence electrons. The number of aromatic nitrogens is 3. The number of nitrogens with zero attached hydrogens (tertiary/aromatic N) is 4. The number of piperidine rings is 1. The lowest BCUT2D eigenvalue weighted by Gasteiger charge is -2.34. The molecule has 1 aliphatic rings. The van der Waals surface area contributed by atoms with Crippen molar-refractivity contribution in [2.24, 2.45) is 0 Å². The van der Waals surface area contributed by atoms with E-state index < -0.39 is 0 Å². The SMILES string of the molecule is O=c1c2cnccc2ncn1CCN1CCCCC1CO. The summed E-state index contributed by atoms with van der Waals surface area (Å²) in [5.74, 6) is 0. The summed E-state index contributed by atoms with van der Waals surface area (Å²) in [5.41, 5.74) is 0.628. The van der Waals surface area contributed by atoms with Crippen LogP contribution in [0, 0.1) is 0 Å². The molecule has 0 aliphatic carbocycles. The topological polar surface area (TPSA) is 71.2 Å². The largest absolute Gasteiger partial charge is 0.395 e. The Morgan fingerprint density at radius 2 is 2.24 bits per heavy atom. The first-order valence-electron chi connectivity index (χ1n) is 7.43. The van der Waals surface area contributed by atoms with E-state index in [9.17, 15) is 9.90 Å². The molecule has 2 aromatic rings. The van der Waals surface area contributed by atoms with Crippen molar-refractivity contribution in [2.45, 2.75) is 31.8 Å². The van der Waals surface area contributed by atoms with Gasteiger partial charge in [0.1, 0.15) is 0 Å². The number of aliphatic hydroxyl groups is 1. The molecule has 0 amide bonds. The fraction of sp³-hybridized carbons (Fsp3) is 0.533. The van der Waals surface area contributed by atoms with E-state index in [1.165, 1.54) is 6.42 Å². The number of hydrogen-bond acceptors (Lipinski definition) is 5. The van der Waals surface area contributed by atoms with Gasteiger partial charge in [0.15, 0.2) is 0 Å². The molecule has 0 bridgehead atoms. The van der Waals surface area contributed by atoms with Crippen LogP contribution >= 0.6 is 0 Å². The molecule has 0 spiro atoms. The second kappa shape index (κ2) is 6.32. The van der Waals surface area contributed by atoms with Crippen LogP contribution in [0.5, 0.6) is 0 Å². The van der Waals surface area contributed by atoms with Gasteiger partial charge in [-0.05, 0) is 25.5 Å². The molecule has 0 aromatic carbocycles. The van der Waals surface area contributed by atoms with Gasteiger partial charge in [0.05, 0.1) is 23.8 Å². The molecular formula is C15H20N4O2. The number of aliphatic hydroxyl groups excluding tert-OH is 1. The van der Waals surface area contributed by atoms with Crippen LogP contribution in [0.2, 0.25) is 0 Å². The molecular weight excluding hydrogens is 268 g/mol. The first-order chi connectivity index (χ1) is 10.3. The highest BCUT2D eigenvalue weighted by atomic mass is 16.3. The molecule has 1 aliphatic heterocycles. The van der Waals surface area contributed by atoms with Crippen LogP contribution in [0.25, 0.3) is 10.9 Å². The Bertz CT molecular complexity index is 670. The normalized spacial score (nSPS) is 20.0. The van der Waals surface area contributed by atoms with Gasteiger partial charge < -0.3 is 5.11 Å². The highest BCUT2D eigenvalue weighted by molar-refractivity contribution is 5.75. The number of fused-ring (bicyclic) bond motifs is 1. The van der Waals surface area contributed by atoms with Gasteiger partial charge in [-0.1, -0.05) is 6.42 Å². The van der Waals surface area contributed by atoms with Crippen LogP contribution in [0.1, 0.15) is 19.3 Å². The van der Waals surface area contributed by atoms with E-state index in [1.54, 1.807) is 29.4 Å². The van der Waals surface area contributed by atoms with Gasteiger partial charge in [-0.3, -0.25) is 19.2 Å². The maximum atomic E-state index is 12.4. The van der Waals surface area contributed by atoms with Crippen LogP contribution in [-0.4, -0.2) is 50.3 Å². The third kappa shape index (κ3) is 2.96. The van der Waals surface area contributed by atoms with Crippen LogP contribution in [-0.2, 0) is 6.54 Å². The molecule has 6 nitrogen and oxygen atoms in total. The average molecular weight is 288 g/mol. The summed E-state index contributed by atoms with van der Waals surface area (Å²) in [5, 5.41) is 9.98. The van der Waals surface area contributed by atoms with Crippen molar-refractivity contribution in [1.29, 1.82) is 0 Å². The summed E-state index contributed by atoms with van der Waals surface area (Å²) < 4.78 is 1.63. The van der Waals surface area contributed by atoms with E-state index >= 15 is 0 Å². The second-order valence-corrected chi connectivity index (χ2v) is 5.50. The van der Waals surface area contributed by atoms with Gasteiger partial charge in [0.2, 0.25) is 0 Å². The molecule has 1 N–H and O–H groups in total. The molecule has 1 unspecified atom stereocenters. The number of hydrogen-bond donors (Lipinski definition) is 1. The summed E-state index contributed by atoms with van der Waals surface area (Å²) in [6, 6.07) is 1.97. The Morgan fingerprint density at radius 1 is 1.33 bits per heavy atom. The van der Waals surface area contributed by atoms with Gasteiger partial charge in [-0.25, -0.2) is 4.98 Å². The average Bonchev–Trinajstić information content (AvgIpc) is 2.55. The van der Waals surface area contributed by atoms with Gasteiger partial charge in [-0.15, -0.1) is 0 Å². The highest BCUT2D eigenvalue weighted by Crippen LogP contribution is 2.16. The summed E-state index contributed by atoms with van der Waals surface area (Å²) in [6.45, 7) is 2.53. The second-order valence-electron chi connectivity index (χ2n) is 5.50. The van der Waals surface area contributed by atoms with Crippen LogP contribution in [0.4, 0.5) is 0 Å². The standard InChI is InChI=1S/C15H20N4O2/c20-10-12-3-1-2-6-18(12)7-8-19-11-17-14-4-5-16-9-13(14)15(19)21/h4-5,9,11-12,20H,1-3,6-8,10H2. The van der Waals surface area contributed by atoms with E-state index in [4.69, 9.17) is 0 Å². The first-order valence-corrected chi connectivity index (χ1v) is 7.43. The van der Waals surface area contributed by atoms with Crippen molar-refractivity contribution >= 4 is 10.9 Å². The Kier molecular flexibility index (Phi) is 4.26. The van der Waals surface area contributed by atoms with Crippen LogP contribution < -0.4 is 5.56 Å². The molecule has 1 atom stereocenters. The third-order valence-electron chi connectivity index (χ3n) is 4.21. The highest BCUT2D eigenvalue weighted by Gasteiger charge is 2.21. The monoisotopic (exact) mass is 288 g/mol. The van der Waals surface area contributed by atoms with Gasteiger partial charge in [-0.2, -0.15) is 0 Å². The molecule has 0 radical (unpaired) electrons. The first kappa shape index (κ1) is 14.2. The van der Waals surface area contributed by atoms with Crippen LogP contribution in [0.3, 0.4) is 0 Å². The lowest BCUT2D eigenvalue weighted by molar-refractivity contribution is 0.0869. The molecule has 2 aromatic heterocycles. The zero-order chi connectivity index (χ0) is 14.7. The zero-order valence-corrected chi connectivity index (χ0v) is 12.0. The molecule has 6 heteroatoms. The summed E-state index contributed by atoms with van der Waals surface area (Å²) in [4.78, 5) is 22.9. The van der Waals surface area contributed by atoms with Gasteiger partial charge >= 0.3 is 0 Å². The van der Waals surface area contributed by atoms with Crippen molar-refractivity contribution < 1.29 is 5.11 Å². The fourth-order valence-corrected chi connectivity index (χ4v) is 2.96. The van der Waals surface area contributed by atoms with Crippen molar-refractivity contribution in [3.63, 3.8) is 0 Å². The zero-order valence-electron chi connectivity index (χ0n) is 12.0. The number of likely N-dealkylation sites (tertiary alicyclic amines) is 1.